The van der Waals surface area contributed by atoms with Crippen molar-refractivity contribution < 1.29 is 23.1 Å². The highest BCUT2D eigenvalue weighted by atomic mass is 32.2. The molecule has 2 saturated heterocycles. The largest absolute Gasteiger partial charge is 0.508 e. The maximum Gasteiger partial charge on any atom is 0.414 e. The van der Waals surface area contributed by atoms with Gasteiger partial charge in [-0.15, -0.1) is 0 Å². The number of nitrogens with zero attached hydrogens (tertiary/aromatic N) is 1. The number of carbonyl (C=O) groups excluding carboxylic acids is 1. The van der Waals surface area contributed by atoms with E-state index in [0.29, 0.717) is 25.1 Å². The van der Waals surface area contributed by atoms with Crippen molar-refractivity contribution in [2.45, 2.75) is 18.4 Å². The average molecular weight is 297 g/mol. The Morgan fingerprint density at radius 2 is 2.10 bits per heavy atom. The van der Waals surface area contributed by atoms with Crippen molar-refractivity contribution in [3.63, 3.8) is 0 Å². The maximum absolute atomic E-state index is 12.1. The molecule has 2 heterocycles. The summed E-state index contributed by atoms with van der Waals surface area (Å²) in [7, 11) is -3.10. The van der Waals surface area contributed by atoms with Gasteiger partial charge in [0, 0.05) is 25.5 Å². The van der Waals surface area contributed by atoms with Crippen LogP contribution in [0.3, 0.4) is 0 Å². The summed E-state index contributed by atoms with van der Waals surface area (Å²) >= 11 is 0. The van der Waals surface area contributed by atoms with Crippen LogP contribution < -0.4 is 4.90 Å². The molecule has 1 aromatic carbocycles. The van der Waals surface area contributed by atoms with Gasteiger partial charge in [-0.05, 0) is 12.1 Å². The molecule has 0 aliphatic carbocycles. The monoisotopic (exact) mass is 297 g/mol. The number of carbonyl (C=O) groups is 1. The van der Waals surface area contributed by atoms with Gasteiger partial charge in [-0.25, -0.2) is 13.2 Å². The van der Waals surface area contributed by atoms with Crippen molar-refractivity contribution in [2.75, 3.05) is 23.0 Å². The van der Waals surface area contributed by atoms with Crippen molar-refractivity contribution >= 4 is 21.6 Å². The molecule has 2 fully saturated rings. The number of hydrogen-bond acceptors (Lipinski definition) is 5. The van der Waals surface area contributed by atoms with Crippen LogP contribution in [-0.4, -0.2) is 43.3 Å². The minimum atomic E-state index is -3.10. The van der Waals surface area contributed by atoms with Gasteiger partial charge in [0.15, 0.2) is 9.84 Å². The van der Waals surface area contributed by atoms with Crippen LogP contribution >= 0.6 is 0 Å². The zero-order valence-corrected chi connectivity index (χ0v) is 11.6. The fraction of sp³-hybridized carbons (Fsp3) is 0.462. The number of anilines is 1. The fourth-order valence-electron chi connectivity index (χ4n) is 2.76. The number of phenols is 1. The molecule has 2 aliphatic heterocycles. The lowest BCUT2D eigenvalue weighted by atomic mass is 9.97. The number of phenolic OH excluding ortho intramolecular Hbond substituents is 1. The topological polar surface area (TPSA) is 83.9 Å². The van der Waals surface area contributed by atoms with E-state index < -0.39 is 21.5 Å². The van der Waals surface area contributed by atoms with Gasteiger partial charge in [-0.2, -0.15) is 0 Å². The Kier molecular flexibility index (Phi) is 2.89. The first kappa shape index (κ1) is 13.2. The Hall–Kier alpha value is -1.76. The van der Waals surface area contributed by atoms with Gasteiger partial charge >= 0.3 is 6.09 Å². The third-order valence-electron chi connectivity index (χ3n) is 3.81. The molecule has 1 N–H and O–H groups in total. The van der Waals surface area contributed by atoms with Crippen molar-refractivity contribution in [1.82, 2.24) is 0 Å². The number of sulfone groups is 1. The molecule has 6 nitrogen and oxygen atoms in total. The molecule has 1 amide bonds. The molecule has 3 rings (SSSR count). The van der Waals surface area contributed by atoms with Gasteiger partial charge in [0.25, 0.3) is 0 Å². The molecule has 1 aromatic rings. The summed E-state index contributed by atoms with van der Waals surface area (Å²) < 4.78 is 28.5. The van der Waals surface area contributed by atoms with Crippen LogP contribution in [0.25, 0.3) is 0 Å². The van der Waals surface area contributed by atoms with E-state index in [1.54, 1.807) is 12.1 Å². The predicted molar refractivity (Wildman–Crippen MR) is 72.6 cm³/mol. The molecule has 2 aliphatic rings. The SMILES string of the molecule is O=C1OC2(CCN1c1cccc(O)c1)CCS(=O)(=O)C2. The maximum atomic E-state index is 12.1. The molecule has 0 aromatic heterocycles. The van der Waals surface area contributed by atoms with Gasteiger partial charge in [0.1, 0.15) is 11.4 Å². The number of benzene rings is 1. The molecule has 1 unspecified atom stereocenters. The molecule has 1 atom stereocenters. The average Bonchev–Trinajstić information content (AvgIpc) is 2.64. The lowest BCUT2D eigenvalue weighted by Gasteiger charge is -2.38. The van der Waals surface area contributed by atoms with Crippen molar-refractivity contribution in [1.29, 1.82) is 0 Å². The van der Waals surface area contributed by atoms with Crippen LogP contribution in [-0.2, 0) is 14.6 Å². The van der Waals surface area contributed by atoms with Gasteiger partial charge in [-0.3, -0.25) is 4.90 Å². The van der Waals surface area contributed by atoms with Crippen LogP contribution in [0.4, 0.5) is 10.5 Å². The lowest BCUT2D eigenvalue weighted by Crippen LogP contribution is -2.50. The van der Waals surface area contributed by atoms with E-state index >= 15 is 0 Å². The smallest absolute Gasteiger partial charge is 0.414 e. The third-order valence-corrected chi connectivity index (χ3v) is 5.60. The molecular weight excluding hydrogens is 282 g/mol. The molecule has 0 bridgehead atoms. The second kappa shape index (κ2) is 4.37. The van der Waals surface area contributed by atoms with Crippen LogP contribution in [0, 0.1) is 0 Å². The van der Waals surface area contributed by atoms with Crippen molar-refractivity contribution in [3.05, 3.63) is 24.3 Å². The number of aromatic hydroxyl groups is 1. The Bertz CT molecular complexity index is 656. The first-order valence-corrected chi connectivity index (χ1v) is 8.21. The Labute approximate surface area is 116 Å². The van der Waals surface area contributed by atoms with Gasteiger partial charge in [0.05, 0.1) is 17.2 Å². The number of hydrogen-bond donors (Lipinski definition) is 1. The van der Waals surface area contributed by atoms with Gasteiger partial charge in [-0.1, -0.05) is 6.07 Å². The number of ether oxygens (including phenoxy) is 1. The summed E-state index contributed by atoms with van der Waals surface area (Å²) in [4.78, 5) is 13.5. The Morgan fingerprint density at radius 3 is 2.70 bits per heavy atom. The standard InChI is InChI=1S/C13H15NO5S/c15-11-3-1-2-10(8-11)14-6-4-13(19-12(14)16)5-7-20(17,18)9-13/h1-3,8,15H,4-7,9H2. The highest BCUT2D eigenvalue weighted by Gasteiger charge is 2.49. The van der Waals surface area contributed by atoms with Crippen molar-refractivity contribution in [3.8, 4) is 5.75 Å². The van der Waals surface area contributed by atoms with E-state index in [1.165, 1.54) is 17.0 Å². The first-order valence-electron chi connectivity index (χ1n) is 6.39. The van der Waals surface area contributed by atoms with E-state index in [0.717, 1.165) is 0 Å². The van der Waals surface area contributed by atoms with Gasteiger partial charge < -0.3 is 9.84 Å². The molecule has 1 spiro atoms. The predicted octanol–water partition coefficient (Wildman–Crippen LogP) is 1.30. The Morgan fingerprint density at radius 1 is 1.30 bits per heavy atom. The summed E-state index contributed by atoms with van der Waals surface area (Å²) in [5.41, 5.74) is -0.311. The number of rotatable bonds is 1. The highest BCUT2D eigenvalue weighted by Crippen LogP contribution is 2.36. The van der Waals surface area contributed by atoms with E-state index in [2.05, 4.69) is 0 Å². The molecule has 0 saturated carbocycles. The van der Waals surface area contributed by atoms with E-state index in [4.69, 9.17) is 4.74 Å². The van der Waals surface area contributed by atoms with Gasteiger partial charge in [0.2, 0.25) is 0 Å². The second-order valence-electron chi connectivity index (χ2n) is 5.31. The Balaban J connectivity index is 1.80. The summed E-state index contributed by atoms with van der Waals surface area (Å²) in [6.07, 6.45) is 0.293. The molecule has 108 valence electrons. The summed E-state index contributed by atoms with van der Waals surface area (Å²) in [5.74, 6) is 0.0606. The van der Waals surface area contributed by atoms with Crippen LogP contribution in [0.2, 0.25) is 0 Å². The second-order valence-corrected chi connectivity index (χ2v) is 7.50. The summed E-state index contributed by atoms with van der Waals surface area (Å²) in [6.45, 7) is 0.387. The molecular formula is C13H15NO5S. The van der Waals surface area contributed by atoms with E-state index in [9.17, 15) is 18.3 Å². The van der Waals surface area contributed by atoms with Crippen LogP contribution in [0.15, 0.2) is 24.3 Å². The third kappa shape index (κ3) is 2.33. The minimum absolute atomic E-state index is 0.0685. The van der Waals surface area contributed by atoms with E-state index in [1.807, 2.05) is 0 Å². The molecule has 7 heteroatoms. The zero-order chi connectivity index (χ0) is 14.4. The normalized spacial score (nSPS) is 28.6. The lowest BCUT2D eigenvalue weighted by molar-refractivity contribution is 0.0150. The van der Waals surface area contributed by atoms with E-state index in [-0.39, 0.29) is 17.3 Å². The fourth-order valence-corrected chi connectivity index (χ4v) is 4.73. The van der Waals surface area contributed by atoms with Crippen LogP contribution in [0.5, 0.6) is 5.75 Å². The molecule has 20 heavy (non-hydrogen) atoms. The highest BCUT2D eigenvalue weighted by molar-refractivity contribution is 7.91. The first-order chi connectivity index (χ1) is 9.39. The summed E-state index contributed by atoms with van der Waals surface area (Å²) in [5, 5.41) is 9.45. The molecule has 0 radical (unpaired) electrons. The van der Waals surface area contributed by atoms with Crippen LogP contribution in [0.1, 0.15) is 12.8 Å². The minimum Gasteiger partial charge on any atom is -0.508 e. The zero-order valence-electron chi connectivity index (χ0n) is 10.8. The summed E-state index contributed by atoms with van der Waals surface area (Å²) in [6, 6.07) is 6.33. The quantitative estimate of drug-likeness (QED) is 0.844. The van der Waals surface area contributed by atoms with Crippen molar-refractivity contribution in [2.24, 2.45) is 0 Å². The number of amides is 1.